The van der Waals surface area contributed by atoms with E-state index in [1.54, 1.807) is 0 Å². The molecule has 0 aliphatic carbocycles. The van der Waals surface area contributed by atoms with Crippen molar-refractivity contribution < 1.29 is 0 Å². The van der Waals surface area contributed by atoms with Crippen molar-refractivity contribution in [2.75, 3.05) is 0 Å². The van der Waals surface area contributed by atoms with Crippen LogP contribution in [0, 0.1) is 0 Å². The van der Waals surface area contributed by atoms with Crippen molar-refractivity contribution in [2.24, 2.45) is 0 Å². The van der Waals surface area contributed by atoms with Gasteiger partial charge in [0.1, 0.15) is 0 Å². The number of hydrogen-bond donors (Lipinski definition) is 0. The van der Waals surface area contributed by atoms with Gasteiger partial charge in [0.25, 0.3) is 0 Å². The van der Waals surface area contributed by atoms with Crippen LogP contribution in [0.2, 0.25) is 0 Å². The van der Waals surface area contributed by atoms with Gasteiger partial charge in [-0.05, 0) is 34.6 Å². The molecule has 152 valence electrons. The summed E-state index contributed by atoms with van der Waals surface area (Å²) in [6.07, 6.45) is 0. The maximum Gasteiger partial charge on any atom is 0.168 e. The van der Waals surface area contributed by atoms with E-state index in [9.17, 15) is 0 Å². The number of nitrogens with zero attached hydrogens (tertiary/aromatic N) is 3. The molecule has 0 spiro atoms. The van der Waals surface area contributed by atoms with Crippen molar-refractivity contribution in [1.82, 2.24) is 14.8 Å². The summed E-state index contributed by atoms with van der Waals surface area (Å²) >= 11 is 0. The fourth-order valence-electron chi connectivity index (χ4n) is 3.62. The van der Waals surface area contributed by atoms with Gasteiger partial charge in [-0.15, -0.1) is 10.2 Å². The number of para-hydroxylation sites is 1. The van der Waals surface area contributed by atoms with Gasteiger partial charge in [0.2, 0.25) is 0 Å². The van der Waals surface area contributed by atoms with E-state index in [1.807, 2.05) is 18.2 Å². The molecule has 0 aliphatic heterocycles. The van der Waals surface area contributed by atoms with Crippen molar-refractivity contribution in [3.63, 3.8) is 0 Å². The maximum atomic E-state index is 4.60. The molecular weight excluding hydrogens is 366 g/mol. The van der Waals surface area contributed by atoms with Crippen LogP contribution in [-0.4, -0.2) is 14.8 Å². The molecule has 0 radical (unpaired) electrons. The first-order valence-electron chi connectivity index (χ1n) is 10.6. The molecule has 3 heteroatoms. The van der Waals surface area contributed by atoms with Gasteiger partial charge < -0.3 is 0 Å². The molecule has 3 nitrogen and oxygen atoms in total. The molecule has 0 aliphatic rings. The van der Waals surface area contributed by atoms with Crippen LogP contribution in [0.5, 0.6) is 0 Å². The third kappa shape index (κ3) is 3.93. The minimum atomic E-state index is 0.120. The van der Waals surface area contributed by atoms with Crippen molar-refractivity contribution in [1.29, 1.82) is 0 Å². The molecule has 0 N–H and O–H groups in total. The number of rotatable bonds is 4. The average molecular weight is 396 g/mol. The molecule has 3 aromatic carbocycles. The molecule has 1 aromatic heterocycles. The smallest absolute Gasteiger partial charge is 0.168 e. The molecule has 4 rings (SSSR count). The monoisotopic (exact) mass is 395 g/mol. The molecule has 0 amide bonds. The van der Waals surface area contributed by atoms with Crippen LogP contribution < -0.4 is 0 Å². The van der Waals surface area contributed by atoms with Crippen molar-refractivity contribution in [2.45, 2.75) is 46.0 Å². The number of aromatic nitrogens is 3. The van der Waals surface area contributed by atoms with Crippen molar-refractivity contribution in [3.8, 4) is 28.5 Å². The van der Waals surface area contributed by atoms with E-state index in [0.29, 0.717) is 5.92 Å². The highest BCUT2D eigenvalue weighted by Gasteiger charge is 2.19. The zero-order chi connectivity index (χ0) is 21.3. The summed E-state index contributed by atoms with van der Waals surface area (Å²) in [6.45, 7) is 11.1. The standard InChI is InChI=1S/C27H29N3/c1-19(2)20-11-13-21(14-12-20)25-28-29-26(30(25)24-9-7-6-8-10-24)22-15-17-23(18-16-22)27(3,4)5/h6-19H,1-5H3. The van der Waals surface area contributed by atoms with Crippen LogP contribution in [0.1, 0.15) is 51.7 Å². The van der Waals surface area contributed by atoms with Gasteiger partial charge in [0.15, 0.2) is 11.6 Å². The summed E-state index contributed by atoms with van der Waals surface area (Å²) in [5, 5.41) is 9.20. The van der Waals surface area contributed by atoms with Crippen LogP contribution in [0.25, 0.3) is 28.5 Å². The zero-order valence-electron chi connectivity index (χ0n) is 18.4. The Morgan fingerprint density at radius 3 is 1.63 bits per heavy atom. The van der Waals surface area contributed by atoms with Crippen LogP contribution in [0.15, 0.2) is 78.9 Å². The lowest BCUT2D eigenvalue weighted by Gasteiger charge is -2.19. The second-order valence-corrected chi connectivity index (χ2v) is 9.12. The van der Waals surface area contributed by atoms with E-state index < -0.39 is 0 Å². The number of hydrogen-bond acceptors (Lipinski definition) is 2. The minimum absolute atomic E-state index is 0.120. The lowest BCUT2D eigenvalue weighted by atomic mass is 9.86. The maximum absolute atomic E-state index is 4.60. The lowest BCUT2D eigenvalue weighted by Crippen LogP contribution is -2.10. The molecule has 0 saturated heterocycles. The summed E-state index contributed by atoms with van der Waals surface area (Å²) in [5.41, 5.74) is 5.93. The number of benzene rings is 3. The molecule has 0 atom stereocenters. The van der Waals surface area contributed by atoms with Crippen LogP contribution in [-0.2, 0) is 5.41 Å². The van der Waals surface area contributed by atoms with E-state index in [4.69, 9.17) is 0 Å². The molecule has 4 aromatic rings. The highest BCUT2D eigenvalue weighted by molar-refractivity contribution is 5.67. The van der Waals surface area contributed by atoms with Gasteiger partial charge in [-0.2, -0.15) is 0 Å². The van der Waals surface area contributed by atoms with Gasteiger partial charge in [-0.1, -0.05) is 101 Å². The Bertz CT molecular complexity index is 1110. The van der Waals surface area contributed by atoms with Crippen LogP contribution in [0.4, 0.5) is 0 Å². The largest absolute Gasteiger partial charge is 0.275 e. The van der Waals surface area contributed by atoms with Crippen LogP contribution >= 0.6 is 0 Å². The predicted octanol–water partition coefficient (Wildman–Crippen LogP) is 7.02. The van der Waals surface area contributed by atoms with Crippen molar-refractivity contribution >= 4 is 0 Å². The second-order valence-electron chi connectivity index (χ2n) is 9.12. The molecule has 1 heterocycles. The molecule has 0 bridgehead atoms. The van der Waals surface area contributed by atoms with Gasteiger partial charge in [0.05, 0.1) is 0 Å². The molecule has 0 saturated carbocycles. The Morgan fingerprint density at radius 1 is 0.667 bits per heavy atom. The Labute approximate surface area is 179 Å². The van der Waals surface area contributed by atoms with E-state index in [2.05, 4.69) is 110 Å². The highest BCUT2D eigenvalue weighted by Crippen LogP contribution is 2.31. The van der Waals surface area contributed by atoms with E-state index in [-0.39, 0.29) is 5.41 Å². The predicted molar refractivity (Wildman–Crippen MR) is 125 cm³/mol. The third-order valence-corrected chi connectivity index (χ3v) is 5.52. The zero-order valence-corrected chi connectivity index (χ0v) is 18.4. The first-order valence-corrected chi connectivity index (χ1v) is 10.6. The average Bonchev–Trinajstić information content (AvgIpc) is 3.19. The first kappa shape index (κ1) is 20.1. The first-order chi connectivity index (χ1) is 14.3. The molecule has 30 heavy (non-hydrogen) atoms. The van der Waals surface area contributed by atoms with Gasteiger partial charge in [-0.25, -0.2) is 0 Å². The van der Waals surface area contributed by atoms with E-state index in [0.717, 1.165) is 28.5 Å². The molecular formula is C27H29N3. The van der Waals surface area contributed by atoms with Gasteiger partial charge in [-0.3, -0.25) is 4.57 Å². The summed E-state index contributed by atoms with van der Waals surface area (Å²) in [7, 11) is 0. The lowest BCUT2D eigenvalue weighted by molar-refractivity contribution is 0.590. The second kappa shape index (κ2) is 7.91. The van der Waals surface area contributed by atoms with Crippen LogP contribution in [0.3, 0.4) is 0 Å². The Kier molecular flexibility index (Phi) is 5.29. The topological polar surface area (TPSA) is 30.7 Å². The third-order valence-electron chi connectivity index (χ3n) is 5.52. The fourth-order valence-corrected chi connectivity index (χ4v) is 3.62. The summed E-state index contributed by atoms with van der Waals surface area (Å²) in [5.74, 6) is 2.21. The highest BCUT2D eigenvalue weighted by atomic mass is 15.3. The van der Waals surface area contributed by atoms with Crippen molar-refractivity contribution in [3.05, 3.63) is 90.0 Å². The Morgan fingerprint density at radius 2 is 1.17 bits per heavy atom. The molecule has 0 fully saturated rings. The Balaban J connectivity index is 1.84. The molecule has 0 unspecified atom stereocenters. The fraction of sp³-hybridized carbons (Fsp3) is 0.259. The summed E-state index contributed by atoms with van der Waals surface area (Å²) in [4.78, 5) is 0. The van der Waals surface area contributed by atoms with Gasteiger partial charge in [0, 0.05) is 16.8 Å². The van der Waals surface area contributed by atoms with E-state index in [1.165, 1.54) is 11.1 Å². The normalized spacial score (nSPS) is 11.8. The minimum Gasteiger partial charge on any atom is -0.275 e. The summed E-state index contributed by atoms with van der Waals surface area (Å²) < 4.78 is 2.15. The Hall–Kier alpha value is -3.20. The van der Waals surface area contributed by atoms with Gasteiger partial charge >= 0.3 is 0 Å². The van der Waals surface area contributed by atoms with E-state index >= 15 is 0 Å². The SMILES string of the molecule is CC(C)c1ccc(-c2nnc(-c3ccc(C(C)(C)C)cc3)n2-c2ccccc2)cc1. The quantitative estimate of drug-likeness (QED) is 0.372. The summed E-state index contributed by atoms with van der Waals surface area (Å²) in [6, 6.07) is 27.7.